The van der Waals surface area contributed by atoms with Crippen LogP contribution in [0, 0.1) is 5.92 Å². The van der Waals surface area contributed by atoms with Crippen LogP contribution in [-0.4, -0.2) is 27.7 Å². The average Bonchev–Trinajstić information content (AvgIpc) is 3.11. The predicted octanol–water partition coefficient (Wildman–Crippen LogP) is 3.97. The number of nitrogens with one attached hydrogen (secondary N) is 2. The number of carbonyl (C=O) groups excluding carboxylic acids is 1. The second-order valence-corrected chi connectivity index (χ2v) is 6.65. The molecule has 0 spiro atoms. The number of hydrogen-bond donors (Lipinski definition) is 2. The van der Waals surface area contributed by atoms with Crippen molar-refractivity contribution in [1.82, 2.24) is 15.2 Å². The van der Waals surface area contributed by atoms with Gasteiger partial charge in [-0.2, -0.15) is 5.10 Å². The molecule has 3 rings (SSSR count). The number of H-pyrrole nitrogens is 1. The molecule has 1 aliphatic rings. The second-order valence-electron chi connectivity index (χ2n) is 6.65. The zero-order chi connectivity index (χ0) is 17.5. The minimum atomic E-state index is -0.278. The van der Waals surface area contributed by atoms with E-state index in [0.717, 1.165) is 18.5 Å². The lowest BCUT2D eigenvalue weighted by molar-refractivity contribution is 0.102. The highest BCUT2D eigenvalue weighted by Crippen LogP contribution is 2.27. The molecule has 1 aliphatic carbocycles. The van der Waals surface area contributed by atoms with Gasteiger partial charge in [0, 0.05) is 11.9 Å². The Labute approximate surface area is 148 Å². The molecule has 134 valence electrons. The van der Waals surface area contributed by atoms with Crippen LogP contribution in [0.3, 0.4) is 0 Å². The van der Waals surface area contributed by atoms with Gasteiger partial charge < -0.3 is 10.1 Å². The maximum atomic E-state index is 12.4. The molecule has 0 radical (unpaired) electrons. The normalized spacial score (nSPS) is 15.1. The topological polar surface area (TPSA) is 79.9 Å². The number of nitrogens with zero attached hydrogens (tertiary/aromatic N) is 2. The zero-order valence-electron chi connectivity index (χ0n) is 14.8. The third kappa shape index (κ3) is 4.81. The third-order valence-corrected chi connectivity index (χ3v) is 4.58. The fraction of sp³-hybridized carbons (Fsp3) is 0.526. The van der Waals surface area contributed by atoms with E-state index in [1.54, 1.807) is 12.3 Å². The number of amides is 1. The number of rotatable bonds is 7. The summed E-state index contributed by atoms with van der Waals surface area (Å²) >= 11 is 0. The number of hydrogen-bond acceptors (Lipinski definition) is 4. The van der Waals surface area contributed by atoms with Crippen molar-refractivity contribution in [1.29, 1.82) is 0 Å². The van der Waals surface area contributed by atoms with Crippen LogP contribution in [0.25, 0.3) is 0 Å². The molecule has 0 aliphatic heterocycles. The van der Waals surface area contributed by atoms with Crippen LogP contribution in [0.4, 0.5) is 5.82 Å². The molecule has 1 saturated carbocycles. The average molecular weight is 342 g/mol. The first-order valence-electron chi connectivity index (χ1n) is 9.19. The summed E-state index contributed by atoms with van der Waals surface area (Å²) in [6, 6.07) is 5.45. The maximum absolute atomic E-state index is 12.4. The Morgan fingerprint density at radius 1 is 1.36 bits per heavy atom. The molecule has 0 unspecified atom stereocenters. The second kappa shape index (κ2) is 8.65. The number of aromatic amines is 1. The largest absolute Gasteiger partial charge is 0.489 e. The number of pyridine rings is 1. The summed E-state index contributed by atoms with van der Waals surface area (Å²) in [4.78, 5) is 16.7. The van der Waals surface area contributed by atoms with E-state index >= 15 is 0 Å². The van der Waals surface area contributed by atoms with Gasteiger partial charge in [0.15, 0.2) is 17.3 Å². The first-order chi connectivity index (χ1) is 12.3. The summed E-state index contributed by atoms with van der Waals surface area (Å²) < 4.78 is 5.95. The molecule has 0 aromatic carbocycles. The van der Waals surface area contributed by atoms with Gasteiger partial charge in [-0.25, -0.2) is 4.98 Å². The van der Waals surface area contributed by atoms with Crippen molar-refractivity contribution in [2.45, 2.75) is 51.9 Å². The first-order valence-corrected chi connectivity index (χ1v) is 9.19. The Balaban J connectivity index is 1.62. The Hall–Kier alpha value is -2.37. The number of anilines is 1. The Morgan fingerprint density at radius 3 is 3.00 bits per heavy atom. The monoisotopic (exact) mass is 342 g/mol. The SMILES string of the molecule is CCCc1cc(C(=O)Nc2ncccc2OCC2CCCCC2)n[nH]1. The van der Waals surface area contributed by atoms with Crippen LogP contribution < -0.4 is 10.1 Å². The van der Waals surface area contributed by atoms with Gasteiger partial charge >= 0.3 is 0 Å². The van der Waals surface area contributed by atoms with Gasteiger partial charge in [-0.1, -0.05) is 32.6 Å². The van der Waals surface area contributed by atoms with Gasteiger partial charge in [0.1, 0.15) is 0 Å². The molecule has 1 amide bonds. The minimum Gasteiger partial charge on any atom is -0.489 e. The van der Waals surface area contributed by atoms with E-state index in [1.807, 2.05) is 12.1 Å². The van der Waals surface area contributed by atoms with Gasteiger partial charge in [-0.05, 0) is 43.4 Å². The summed E-state index contributed by atoms with van der Waals surface area (Å²) in [5.74, 6) is 1.38. The van der Waals surface area contributed by atoms with Crippen LogP contribution in [-0.2, 0) is 6.42 Å². The van der Waals surface area contributed by atoms with Crippen LogP contribution >= 0.6 is 0 Å². The number of ether oxygens (including phenoxy) is 1. The Morgan fingerprint density at radius 2 is 2.20 bits per heavy atom. The van der Waals surface area contributed by atoms with E-state index in [2.05, 4.69) is 27.4 Å². The molecule has 0 bridgehead atoms. The number of aromatic nitrogens is 3. The van der Waals surface area contributed by atoms with Crippen molar-refractivity contribution in [2.75, 3.05) is 11.9 Å². The maximum Gasteiger partial charge on any atom is 0.277 e. The fourth-order valence-corrected chi connectivity index (χ4v) is 3.21. The van der Waals surface area contributed by atoms with Crippen molar-refractivity contribution in [3.05, 3.63) is 35.8 Å². The molecule has 6 heteroatoms. The first kappa shape index (κ1) is 17.5. The van der Waals surface area contributed by atoms with E-state index < -0.39 is 0 Å². The molecule has 6 nitrogen and oxygen atoms in total. The molecule has 2 aromatic rings. The third-order valence-electron chi connectivity index (χ3n) is 4.58. The van der Waals surface area contributed by atoms with Gasteiger partial charge in [-0.15, -0.1) is 0 Å². The van der Waals surface area contributed by atoms with Gasteiger partial charge in [0.05, 0.1) is 6.61 Å². The van der Waals surface area contributed by atoms with Crippen molar-refractivity contribution >= 4 is 11.7 Å². The smallest absolute Gasteiger partial charge is 0.277 e. The lowest BCUT2D eigenvalue weighted by Crippen LogP contribution is -2.18. The molecule has 1 fully saturated rings. The van der Waals surface area contributed by atoms with E-state index in [9.17, 15) is 4.79 Å². The highest BCUT2D eigenvalue weighted by molar-refractivity contribution is 6.03. The van der Waals surface area contributed by atoms with Gasteiger partial charge in [0.2, 0.25) is 0 Å². The van der Waals surface area contributed by atoms with Crippen LogP contribution in [0.15, 0.2) is 24.4 Å². The zero-order valence-corrected chi connectivity index (χ0v) is 14.8. The van der Waals surface area contributed by atoms with Crippen LogP contribution in [0.5, 0.6) is 5.75 Å². The summed E-state index contributed by atoms with van der Waals surface area (Å²) in [6.07, 6.45) is 9.85. The fourth-order valence-electron chi connectivity index (χ4n) is 3.21. The summed E-state index contributed by atoms with van der Waals surface area (Å²) in [7, 11) is 0. The molecule has 0 saturated heterocycles. The van der Waals surface area contributed by atoms with Crippen LogP contribution in [0.2, 0.25) is 0 Å². The van der Waals surface area contributed by atoms with E-state index in [0.29, 0.717) is 29.8 Å². The Kier molecular flexibility index (Phi) is 6.04. The highest BCUT2D eigenvalue weighted by atomic mass is 16.5. The predicted molar refractivity (Wildman–Crippen MR) is 96.8 cm³/mol. The van der Waals surface area contributed by atoms with Crippen molar-refractivity contribution in [3.8, 4) is 5.75 Å². The van der Waals surface area contributed by atoms with E-state index in [4.69, 9.17) is 4.74 Å². The number of carbonyl (C=O) groups is 1. The van der Waals surface area contributed by atoms with Gasteiger partial charge in [0.25, 0.3) is 5.91 Å². The molecular weight excluding hydrogens is 316 g/mol. The molecule has 2 heterocycles. The lowest BCUT2D eigenvalue weighted by Gasteiger charge is -2.22. The molecule has 0 atom stereocenters. The highest BCUT2D eigenvalue weighted by Gasteiger charge is 2.17. The van der Waals surface area contributed by atoms with Crippen molar-refractivity contribution in [3.63, 3.8) is 0 Å². The molecular formula is C19H26N4O2. The quantitative estimate of drug-likeness (QED) is 0.798. The number of aryl methyl sites for hydroxylation is 1. The molecule has 2 aromatic heterocycles. The van der Waals surface area contributed by atoms with Crippen LogP contribution in [0.1, 0.15) is 61.6 Å². The molecule has 25 heavy (non-hydrogen) atoms. The lowest BCUT2D eigenvalue weighted by atomic mass is 9.90. The standard InChI is InChI=1S/C19H26N4O2/c1-2-7-15-12-16(23-22-15)19(24)21-18-17(10-6-11-20-18)25-13-14-8-4-3-5-9-14/h6,10-12,14H,2-5,7-9,13H2,1H3,(H,22,23)(H,20,21,24). The Bertz CT molecular complexity index is 692. The summed E-state index contributed by atoms with van der Waals surface area (Å²) in [5, 5.41) is 9.78. The van der Waals surface area contributed by atoms with Crippen molar-refractivity contribution < 1.29 is 9.53 Å². The minimum absolute atomic E-state index is 0.278. The van der Waals surface area contributed by atoms with E-state index in [-0.39, 0.29) is 5.91 Å². The van der Waals surface area contributed by atoms with Gasteiger partial charge in [-0.3, -0.25) is 9.89 Å². The van der Waals surface area contributed by atoms with E-state index in [1.165, 1.54) is 32.1 Å². The van der Waals surface area contributed by atoms with Crippen molar-refractivity contribution in [2.24, 2.45) is 5.92 Å². The summed E-state index contributed by atoms with van der Waals surface area (Å²) in [6.45, 7) is 2.77. The summed E-state index contributed by atoms with van der Waals surface area (Å²) in [5.41, 5.74) is 1.33. The molecule has 2 N–H and O–H groups in total.